The Bertz CT molecular complexity index is 214. The SMILES string of the molecule is CCC(C1CCC2(CC1)OCCO2)N(C)C. The van der Waals surface area contributed by atoms with Crippen LogP contribution in [0, 0.1) is 5.92 Å². The van der Waals surface area contributed by atoms with Gasteiger partial charge < -0.3 is 14.4 Å². The van der Waals surface area contributed by atoms with Gasteiger partial charge in [0.15, 0.2) is 5.79 Å². The summed E-state index contributed by atoms with van der Waals surface area (Å²) in [4.78, 5) is 2.37. The first kappa shape index (κ1) is 12.3. The Morgan fingerprint density at radius 1 is 1.19 bits per heavy atom. The molecule has 1 aliphatic carbocycles. The van der Waals surface area contributed by atoms with E-state index in [4.69, 9.17) is 9.47 Å². The van der Waals surface area contributed by atoms with Gasteiger partial charge in [-0.25, -0.2) is 0 Å². The van der Waals surface area contributed by atoms with E-state index < -0.39 is 0 Å². The van der Waals surface area contributed by atoms with Crippen molar-refractivity contribution in [3.63, 3.8) is 0 Å². The van der Waals surface area contributed by atoms with Gasteiger partial charge in [0.2, 0.25) is 0 Å². The summed E-state index contributed by atoms with van der Waals surface area (Å²) in [6, 6.07) is 0.721. The first-order valence-corrected chi connectivity index (χ1v) is 6.61. The highest BCUT2D eigenvalue weighted by atomic mass is 16.7. The number of ether oxygens (including phenoxy) is 2. The topological polar surface area (TPSA) is 21.7 Å². The number of hydrogen-bond donors (Lipinski definition) is 0. The number of nitrogens with zero attached hydrogens (tertiary/aromatic N) is 1. The molecule has 0 radical (unpaired) electrons. The second-order valence-electron chi connectivity index (χ2n) is 5.38. The molecule has 1 spiro atoms. The van der Waals surface area contributed by atoms with Crippen LogP contribution in [0.3, 0.4) is 0 Å². The summed E-state index contributed by atoms with van der Waals surface area (Å²) in [6.45, 7) is 3.86. The Morgan fingerprint density at radius 2 is 1.75 bits per heavy atom. The van der Waals surface area contributed by atoms with E-state index in [2.05, 4.69) is 25.9 Å². The quantitative estimate of drug-likeness (QED) is 0.738. The number of hydrogen-bond acceptors (Lipinski definition) is 3. The molecular weight excluding hydrogens is 202 g/mol. The van der Waals surface area contributed by atoms with Gasteiger partial charge in [-0.15, -0.1) is 0 Å². The molecule has 3 nitrogen and oxygen atoms in total. The third-order valence-electron chi connectivity index (χ3n) is 4.23. The predicted octanol–water partition coefficient (Wildman–Crippen LogP) is 2.26. The van der Waals surface area contributed by atoms with Crippen LogP contribution >= 0.6 is 0 Å². The van der Waals surface area contributed by atoms with Crippen molar-refractivity contribution in [2.45, 2.75) is 50.9 Å². The lowest BCUT2D eigenvalue weighted by Crippen LogP contribution is -2.42. The molecule has 94 valence electrons. The lowest BCUT2D eigenvalue weighted by atomic mass is 9.79. The fourth-order valence-electron chi connectivity index (χ4n) is 3.37. The monoisotopic (exact) mass is 227 g/mol. The normalized spacial score (nSPS) is 27.8. The Balaban J connectivity index is 1.88. The molecule has 2 aliphatic rings. The summed E-state index contributed by atoms with van der Waals surface area (Å²) in [5, 5.41) is 0. The van der Waals surface area contributed by atoms with Gasteiger partial charge in [-0.1, -0.05) is 6.92 Å². The molecule has 0 N–H and O–H groups in total. The van der Waals surface area contributed by atoms with Gasteiger partial charge in [-0.05, 0) is 39.3 Å². The van der Waals surface area contributed by atoms with Crippen LogP contribution in [0.15, 0.2) is 0 Å². The zero-order chi connectivity index (χ0) is 11.6. The summed E-state index contributed by atoms with van der Waals surface area (Å²) in [5.74, 6) is 0.625. The Hall–Kier alpha value is -0.120. The van der Waals surface area contributed by atoms with Crippen molar-refractivity contribution in [3.8, 4) is 0 Å². The molecule has 0 aromatic heterocycles. The number of rotatable bonds is 3. The molecule has 0 aromatic rings. The van der Waals surface area contributed by atoms with Gasteiger partial charge in [-0.3, -0.25) is 0 Å². The lowest BCUT2D eigenvalue weighted by Gasteiger charge is -2.40. The fraction of sp³-hybridized carbons (Fsp3) is 1.00. The summed E-state index contributed by atoms with van der Waals surface area (Å²) in [6.07, 6.45) is 5.91. The van der Waals surface area contributed by atoms with Crippen LogP contribution in [-0.4, -0.2) is 44.0 Å². The van der Waals surface area contributed by atoms with E-state index in [0.29, 0.717) is 0 Å². The molecule has 1 aliphatic heterocycles. The Morgan fingerprint density at radius 3 is 2.19 bits per heavy atom. The van der Waals surface area contributed by atoms with Gasteiger partial charge in [0.05, 0.1) is 13.2 Å². The molecule has 1 heterocycles. The van der Waals surface area contributed by atoms with E-state index in [1.54, 1.807) is 0 Å². The van der Waals surface area contributed by atoms with Crippen molar-refractivity contribution in [1.82, 2.24) is 4.90 Å². The van der Waals surface area contributed by atoms with Crippen LogP contribution in [0.4, 0.5) is 0 Å². The minimum atomic E-state index is -0.193. The van der Waals surface area contributed by atoms with Gasteiger partial charge in [0, 0.05) is 18.9 Å². The van der Waals surface area contributed by atoms with Crippen LogP contribution in [0.2, 0.25) is 0 Å². The summed E-state index contributed by atoms with van der Waals surface area (Å²) in [5.41, 5.74) is 0. The molecule has 2 fully saturated rings. The molecule has 0 bridgehead atoms. The van der Waals surface area contributed by atoms with Crippen LogP contribution in [0.1, 0.15) is 39.0 Å². The van der Waals surface area contributed by atoms with Gasteiger partial charge in [0.1, 0.15) is 0 Å². The van der Waals surface area contributed by atoms with Crippen molar-refractivity contribution in [3.05, 3.63) is 0 Å². The van der Waals surface area contributed by atoms with Crippen molar-refractivity contribution in [2.75, 3.05) is 27.3 Å². The maximum atomic E-state index is 5.77. The van der Waals surface area contributed by atoms with Crippen molar-refractivity contribution >= 4 is 0 Å². The van der Waals surface area contributed by atoms with Crippen molar-refractivity contribution < 1.29 is 9.47 Å². The average molecular weight is 227 g/mol. The third-order valence-corrected chi connectivity index (χ3v) is 4.23. The molecule has 16 heavy (non-hydrogen) atoms. The first-order chi connectivity index (χ1) is 7.67. The van der Waals surface area contributed by atoms with E-state index in [1.807, 2.05) is 0 Å². The molecule has 2 rings (SSSR count). The fourth-order valence-corrected chi connectivity index (χ4v) is 3.37. The van der Waals surface area contributed by atoms with Crippen LogP contribution < -0.4 is 0 Å². The highest BCUT2D eigenvalue weighted by Crippen LogP contribution is 2.40. The molecule has 0 amide bonds. The Labute approximate surface area is 99.1 Å². The zero-order valence-corrected chi connectivity index (χ0v) is 10.9. The standard InChI is InChI=1S/C13H25NO2/c1-4-12(14(2)3)11-5-7-13(8-6-11)15-9-10-16-13/h11-12H,4-10H2,1-3H3. The van der Waals surface area contributed by atoms with Gasteiger partial charge in [-0.2, -0.15) is 0 Å². The maximum Gasteiger partial charge on any atom is 0.168 e. The van der Waals surface area contributed by atoms with E-state index in [9.17, 15) is 0 Å². The van der Waals surface area contributed by atoms with E-state index in [-0.39, 0.29) is 5.79 Å². The van der Waals surface area contributed by atoms with E-state index >= 15 is 0 Å². The molecular formula is C13H25NO2. The summed E-state index contributed by atoms with van der Waals surface area (Å²) < 4.78 is 11.5. The highest BCUT2D eigenvalue weighted by Gasteiger charge is 2.41. The highest BCUT2D eigenvalue weighted by molar-refractivity contribution is 4.87. The molecule has 1 atom stereocenters. The zero-order valence-electron chi connectivity index (χ0n) is 10.9. The van der Waals surface area contributed by atoms with Gasteiger partial charge >= 0.3 is 0 Å². The van der Waals surface area contributed by atoms with Crippen molar-refractivity contribution in [2.24, 2.45) is 5.92 Å². The molecule has 1 saturated carbocycles. The van der Waals surface area contributed by atoms with E-state index in [1.165, 1.54) is 19.3 Å². The first-order valence-electron chi connectivity index (χ1n) is 6.61. The second-order valence-corrected chi connectivity index (χ2v) is 5.38. The molecule has 3 heteroatoms. The van der Waals surface area contributed by atoms with Gasteiger partial charge in [0.25, 0.3) is 0 Å². The molecule has 0 aromatic carbocycles. The molecule has 1 saturated heterocycles. The lowest BCUT2D eigenvalue weighted by molar-refractivity contribution is -0.185. The largest absolute Gasteiger partial charge is 0.348 e. The maximum absolute atomic E-state index is 5.77. The minimum absolute atomic E-state index is 0.193. The average Bonchev–Trinajstić information content (AvgIpc) is 2.70. The molecule has 1 unspecified atom stereocenters. The van der Waals surface area contributed by atoms with E-state index in [0.717, 1.165) is 38.0 Å². The van der Waals surface area contributed by atoms with Crippen LogP contribution in [0.25, 0.3) is 0 Å². The Kier molecular flexibility index (Phi) is 3.88. The smallest absolute Gasteiger partial charge is 0.168 e. The van der Waals surface area contributed by atoms with Crippen LogP contribution in [0.5, 0.6) is 0 Å². The second kappa shape index (κ2) is 5.03. The summed E-state index contributed by atoms with van der Waals surface area (Å²) >= 11 is 0. The third kappa shape index (κ3) is 2.41. The minimum Gasteiger partial charge on any atom is -0.348 e. The summed E-state index contributed by atoms with van der Waals surface area (Å²) in [7, 11) is 4.39. The predicted molar refractivity (Wildman–Crippen MR) is 64.4 cm³/mol. The van der Waals surface area contributed by atoms with Crippen molar-refractivity contribution in [1.29, 1.82) is 0 Å². The van der Waals surface area contributed by atoms with Crippen LogP contribution in [-0.2, 0) is 9.47 Å².